The number of rotatable bonds is 7. The fourth-order valence-electron chi connectivity index (χ4n) is 5.03. The summed E-state index contributed by atoms with van der Waals surface area (Å²) in [5.41, 5.74) is 2.75. The predicted molar refractivity (Wildman–Crippen MR) is 126 cm³/mol. The maximum absolute atomic E-state index is 13.4. The van der Waals surface area contributed by atoms with Gasteiger partial charge in [0.25, 0.3) is 11.8 Å². The highest BCUT2D eigenvalue weighted by Gasteiger charge is 2.39. The molecule has 1 saturated heterocycles. The fourth-order valence-corrected chi connectivity index (χ4v) is 5.03. The number of hydrogen-bond acceptors (Lipinski definition) is 6. The molecule has 0 saturated carbocycles. The van der Waals surface area contributed by atoms with Crippen LogP contribution in [-0.2, 0) is 6.54 Å². The van der Waals surface area contributed by atoms with Gasteiger partial charge in [0.1, 0.15) is 0 Å². The molecule has 0 radical (unpaired) electrons. The number of fused-ring (bicyclic) bond motifs is 2. The third kappa shape index (κ3) is 4.06. The summed E-state index contributed by atoms with van der Waals surface area (Å²) in [6.45, 7) is 9.73. The van der Waals surface area contributed by atoms with Crippen LogP contribution in [0.5, 0.6) is 11.5 Å². The third-order valence-electron chi connectivity index (χ3n) is 7.14. The van der Waals surface area contributed by atoms with Gasteiger partial charge in [-0.1, -0.05) is 38.8 Å². The van der Waals surface area contributed by atoms with Crippen LogP contribution in [0.25, 0.3) is 0 Å². The maximum atomic E-state index is 13.4. The van der Waals surface area contributed by atoms with Gasteiger partial charge in [-0.05, 0) is 35.7 Å². The molecule has 5 rings (SSSR count). The largest absolute Gasteiger partial charge is 0.454 e. The van der Waals surface area contributed by atoms with Crippen molar-refractivity contribution in [3.8, 4) is 11.5 Å². The molecule has 7 nitrogen and oxygen atoms in total. The van der Waals surface area contributed by atoms with Gasteiger partial charge in [0.05, 0.1) is 23.4 Å². The van der Waals surface area contributed by atoms with Gasteiger partial charge in [-0.2, -0.15) is 0 Å². The Morgan fingerprint density at radius 1 is 0.909 bits per heavy atom. The highest BCUT2D eigenvalue weighted by atomic mass is 16.7. The van der Waals surface area contributed by atoms with Crippen molar-refractivity contribution in [1.29, 1.82) is 0 Å². The topological polar surface area (TPSA) is 62.3 Å². The smallest absolute Gasteiger partial charge is 0.263 e. The third-order valence-corrected chi connectivity index (χ3v) is 7.14. The average molecular weight is 450 g/mol. The molecule has 33 heavy (non-hydrogen) atoms. The van der Waals surface area contributed by atoms with Crippen LogP contribution in [0.3, 0.4) is 0 Å². The number of nitrogens with zero attached hydrogens (tertiary/aromatic N) is 3. The van der Waals surface area contributed by atoms with E-state index in [1.54, 1.807) is 6.07 Å². The lowest BCUT2D eigenvalue weighted by molar-refractivity contribution is 0.0642. The molecule has 0 bridgehead atoms. The lowest BCUT2D eigenvalue weighted by Gasteiger charge is -2.38. The van der Waals surface area contributed by atoms with Crippen LogP contribution >= 0.6 is 0 Å². The average Bonchev–Trinajstić information content (AvgIpc) is 3.41. The zero-order valence-electron chi connectivity index (χ0n) is 19.4. The van der Waals surface area contributed by atoms with Crippen molar-refractivity contribution in [3.05, 3.63) is 53.1 Å². The molecule has 3 heterocycles. The summed E-state index contributed by atoms with van der Waals surface area (Å²) in [4.78, 5) is 32.7. The minimum absolute atomic E-state index is 0.194. The molecule has 2 amide bonds. The number of hydrogen-bond donors (Lipinski definition) is 0. The number of amides is 2. The Bertz CT molecular complexity index is 1060. The zero-order valence-corrected chi connectivity index (χ0v) is 19.4. The monoisotopic (exact) mass is 449 g/mol. The van der Waals surface area contributed by atoms with Gasteiger partial charge in [-0.15, -0.1) is 0 Å². The minimum atomic E-state index is -0.234. The Labute approximate surface area is 194 Å². The normalized spacial score (nSPS) is 17.9. The molecule has 3 aliphatic heterocycles. The summed E-state index contributed by atoms with van der Waals surface area (Å²) in [6.07, 6.45) is 2.41. The Kier molecular flexibility index (Phi) is 5.98. The van der Waals surface area contributed by atoms with E-state index in [4.69, 9.17) is 9.47 Å². The second kappa shape index (κ2) is 9.06. The summed E-state index contributed by atoms with van der Waals surface area (Å²) in [5, 5.41) is 0. The van der Waals surface area contributed by atoms with Crippen molar-refractivity contribution in [2.24, 2.45) is 5.92 Å². The van der Waals surface area contributed by atoms with E-state index in [1.807, 2.05) is 30.3 Å². The Morgan fingerprint density at radius 2 is 1.67 bits per heavy atom. The van der Waals surface area contributed by atoms with Crippen molar-refractivity contribution < 1.29 is 19.1 Å². The van der Waals surface area contributed by atoms with Crippen molar-refractivity contribution in [2.45, 2.75) is 33.2 Å². The highest BCUT2D eigenvalue weighted by Crippen LogP contribution is 2.36. The van der Waals surface area contributed by atoms with Crippen LogP contribution < -0.4 is 14.4 Å². The van der Waals surface area contributed by atoms with Gasteiger partial charge in [0.15, 0.2) is 11.5 Å². The van der Waals surface area contributed by atoms with Gasteiger partial charge in [0.2, 0.25) is 6.79 Å². The molecule has 174 valence electrons. The minimum Gasteiger partial charge on any atom is -0.454 e. The van der Waals surface area contributed by atoms with E-state index in [2.05, 4.69) is 23.6 Å². The van der Waals surface area contributed by atoms with Crippen LogP contribution in [0.4, 0.5) is 5.69 Å². The van der Waals surface area contributed by atoms with E-state index in [9.17, 15) is 9.59 Å². The molecular formula is C26H31N3O4. The first-order valence-electron chi connectivity index (χ1n) is 11.9. The molecule has 2 aromatic carbocycles. The molecule has 7 heteroatoms. The lowest BCUT2D eigenvalue weighted by Crippen LogP contribution is -2.48. The van der Waals surface area contributed by atoms with E-state index < -0.39 is 0 Å². The number of imide groups is 1. The van der Waals surface area contributed by atoms with Crippen LogP contribution in [0.2, 0.25) is 0 Å². The van der Waals surface area contributed by atoms with Crippen LogP contribution in [0.1, 0.15) is 53.0 Å². The van der Waals surface area contributed by atoms with E-state index in [0.717, 1.165) is 49.9 Å². The van der Waals surface area contributed by atoms with E-state index in [0.29, 0.717) is 22.6 Å². The molecule has 1 fully saturated rings. The van der Waals surface area contributed by atoms with Gasteiger partial charge in [-0.3, -0.25) is 19.4 Å². The zero-order chi connectivity index (χ0) is 22.9. The molecule has 0 N–H and O–H groups in total. The first-order chi connectivity index (χ1) is 16.1. The van der Waals surface area contributed by atoms with Crippen LogP contribution in [-0.4, -0.2) is 61.1 Å². The lowest BCUT2D eigenvalue weighted by atomic mass is 10.0. The summed E-state index contributed by atoms with van der Waals surface area (Å²) < 4.78 is 10.8. The fraction of sp³-hybridized carbons (Fsp3) is 0.462. The number of benzene rings is 2. The number of ether oxygens (including phenoxy) is 2. The van der Waals surface area contributed by atoms with Crippen LogP contribution in [0, 0.1) is 5.92 Å². The summed E-state index contributed by atoms with van der Waals surface area (Å²) in [5.74, 6) is 1.62. The van der Waals surface area contributed by atoms with Gasteiger partial charge >= 0.3 is 0 Å². The number of carbonyl (C=O) groups is 2. The first kappa shape index (κ1) is 21.8. The molecule has 0 atom stereocenters. The van der Waals surface area contributed by atoms with Gasteiger partial charge in [-0.25, -0.2) is 0 Å². The Morgan fingerprint density at radius 3 is 2.42 bits per heavy atom. The van der Waals surface area contributed by atoms with Crippen molar-refractivity contribution in [1.82, 2.24) is 9.80 Å². The summed E-state index contributed by atoms with van der Waals surface area (Å²) in [7, 11) is 0. The Hall–Kier alpha value is -3.06. The summed E-state index contributed by atoms with van der Waals surface area (Å²) in [6, 6.07) is 11.2. The van der Waals surface area contributed by atoms with Crippen molar-refractivity contribution in [3.63, 3.8) is 0 Å². The number of anilines is 1. The van der Waals surface area contributed by atoms with Gasteiger partial charge in [0, 0.05) is 32.7 Å². The van der Waals surface area contributed by atoms with Gasteiger partial charge < -0.3 is 14.4 Å². The SMILES string of the molecule is CCC(CC)CN1CCN(c2cccc3c2C(=O)N(Cc2ccc4c(c2)OCO4)C3=O)CC1. The maximum Gasteiger partial charge on any atom is 0.263 e. The quantitative estimate of drug-likeness (QED) is 0.600. The van der Waals surface area contributed by atoms with Crippen molar-refractivity contribution >= 4 is 17.5 Å². The molecule has 3 aliphatic rings. The van der Waals surface area contributed by atoms with E-state index in [1.165, 1.54) is 17.7 Å². The molecule has 0 aliphatic carbocycles. The molecule has 2 aromatic rings. The van der Waals surface area contributed by atoms with Crippen LogP contribution in [0.15, 0.2) is 36.4 Å². The highest BCUT2D eigenvalue weighted by molar-refractivity contribution is 6.23. The Balaban J connectivity index is 1.32. The second-order valence-electron chi connectivity index (χ2n) is 9.05. The summed E-state index contributed by atoms with van der Waals surface area (Å²) >= 11 is 0. The van der Waals surface area contributed by atoms with E-state index >= 15 is 0 Å². The molecule has 0 unspecified atom stereocenters. The number of piperazine rings is 1. The molecule has 0 spiro atoms. The van der Waals surface area contributed by atoms with E-state index in [-0.39, 0.29) is 25.2 Å². The molecular weight excluding hydrogens is 418 g/mol. The second-order valence-corrected chi connectivity index (χ2v) is 9.05. The number of carbonyl (C=O) groups excluding carboxylic acids is 2. The first-order valence-corrected chi connectivity index (χ1v) is 11.9. The standard InChI is InChI=1S/C26H31N3O4/c1-3-18(4-2)15-27-10-12-28(13-11-27)21-7-5-6-20-24(21)26(31)29(25(20)30)16-19-8-9-22-23(14-19)33-17-32-22/h5-9,14,18H,3-4,10-13,15-17H2,1-2H3. The molecule has 0 aromatic heterocycles. The van der Waals surface area contributed by atoms with Crippen molar-refractivity contribution in [2.75, 3.05) is 44.4 Å². The predicted octanol–water partition coefficient (Wildman–Crippen LogP) is 3.77.